The van der Waals surface area contributed by atoms with Gasteiger partial charge in [-0.15, -0.1) is 0 Å². The first kappa shape index (κ1) is 5.06. The number of hydrogen-bond acceptors (Lipinski definition) is 0. The van der Waals surface area contributed by atoms with Crippen molar-refractivity contribution in [2.45, 2.75) is 19.8 Å². The number of hydrogen-bond donors (Lipinski definition) is 0. The van der Waals surface area contributed by atoms with Crippen molar-refractivity contribution in [3.05, 3.63) is 0 Å². The Hall–Kier alpha value is 0.0649. The zero-order chi connectivity index (χ0) is 2.99. The van der Waals surface area contributed by atoms with Crippen molar-refractivity contribution < 1.29 is 0 Å². The molecule has 5 heavy (non-hydrogen) atoms. The van der Waals surface area contributed by atoms with Crippen molar-refractivity contribution in [2.75, 3.05) is 0 Å². The second-order valence-corrected chi connectivity index (χ2v) is 1.68. The van der Waals surface area contributed by atoms with Crippen LogP contribution in [-0.4, -0.2) is 8.41 Å². The highest BCUT2D eigenvalue weighted by Gasteiger charge is 2.12. The smallest absolute Gasteiger partial charge is 0 e. The maximum absolute atomic E-state index is 2.28. The maximum atomic E-state index is 2.28. The molecule has 0 saturated heterocycles. The van der Waals surface area contributed by atoms with Gasteiger partial charge in [-0.2, -0.15) is 0 Å². The van der Waals surface area contributed by atoms with Gasteiger partial charge < -0.3 is 0 Å². The van der Waals surface area contributed by atoms with Gasteiger partial charge in [0.25, 0.3) is 0 Å². The molecule has 1 fully saturated rings. The van der Waals surface area contributed by atoms with E-state index < -0.39 is 0 Å². The van der Waals surface area contributed by atoms with Crippen molar-refractivity contribution >= 4 is 8.41 Å². The zero-order valence-electron chi connectivity index (χ0n) is 3.57. The van der Waals surface area contributed by atoms with Gasteiger partial charge in [-0.25, -0.2) is 0 Å². The van der Waals surface area contributed by atoms with Crippen LogP contribution in [0.3, 0.4) is 0 Å². The molecular weight excluding hydrogens is 58.9 g/mol. The van der Waals surface area contributed by atoms with Crippen molar-refractivity contribution in [1.29, 1.82) is 0 Å². The van der Waals surface area contributed by atoms with Crippen LogP contribution in [0, 0.1) is 5.92 Å². The van der Waals surface area contributed by atoms with E-state index >= 15 is 0 Å². The minimum absolute atomic E-state index is 0. The van der Waals surface area contributed by atoms with Crippen molar-refractivity contribution in [3.8, 4) is 0 Å². The van der Waals surface area contributed by atoms with Crippen LogP contribution in [0.25, 0.3) is 0 Å². The molecule has 0 aromatic heterocycles. The Labute approximate surface area is 35.2 Å². The van der Waals surface area contributed by atoms with Gasteiger partial charge in [0.15, 0.2) is 0 Å². The summed E-state index contributed by atoms with van der Waals surface area (Å²) in [7, 11) is 0. The zero-order valence-corrected chi connectivity index (χ0v) is 3.57. The van der Waals surface area contributed by atoms with E-state index in [4.69, 9.17) is 0 Å². The lowest BCUT2D eigenvalue weighted by Crippen LogP contribution is -1.42. The molecule has 0 aromatic carbocycles. The fourth-order valence-electron chi connectivity index (χ4n) is 0.167. The van der Waals surface area contributed by atoms with E-state index in [0.717, 1.165) is 5.92 Å². The first-order valence-corrected chi connectivity index (χ1v) is 1.89. The van der Waals surface area contributed by atoms with E-state index in [-0.39, 0.29) is 8.41 Å². The highest BCUT2D eigenvalue weighted by atomic mass is 14.2. The lowest BCUT2D eigenvalue weighted by Gasteiger charge is -1.53. The molecule has 0 atom stereocenters. The number of rotatable bonds is 0. The molecule has 0 spiro atoms. The van der Waals surface area contributed by atoms with Gasteiger partial charge in [0.2, 0.25) is 0 Å². The molecule has 1 rings (SSSR count). The molecule has 0 heterocycles. The third kappa shape index (κ3) is 1.85. The van der Waals surface area contributed by atoms with Crippen LogP contribution in [0.15, 0.2) is 0 Å². The molecular formula is C4H8B. The second kappa shape index (κ2) is 1.49. The summed E-state index contributed by atoms with van der Waals surface area (Å²) in [6, 6.07) is 0. The lowest BCUT2D eigenvalue weighted by atomic mass is 10.5. The lowest BCUT2D eigenvalue weighted by molar-refractivity contribution is 0.983. The molecule has 1 aliphatic rings. The summed E-state index contributed by atoms with van der Waals surface area (Å²) in [5.41, 5.74) is 0. The van der Waals surface area contributed by atoms with Crippen LogP contribution >= 0.6 is 0 Å². The third-order valence-corrected chi connectivity index (χ3v) is 0.866. The molecule has 0 N–H and O–H groups in total. The van der Waals surface area contributed by atoms with Crippen LogP contribution in [0.2, 0.25) is 0 Å². The average Bonchev–Trinajstić information content (AvgIpc) is 1.75. The van der Waals surface area contributed by atoms with Crippen LogP contribution in [-0.2, 0) is 0 Å². The Morgan fingerprint density at radius 3 is 1.60 bits per heavy atom. The Bertz CT molecular complexity index is 22.8. The summed E-state index contributed by atoms with van der Waals surface area (Å²) in [6.45, 7) is 2.28. The molecule has 1 aliphatic carbocycles. The third-order valence-electron chi connectivity index (χ3n) is 0.866. The Balaban J connectivity index is 0.000000160. The average molecular weight is 66.9 g/mol. The van der Waals surface area contributed by atoms with Gasteiger partial charge in [-0.1, -0.05) is 19.8 Å². The molecule has 0 unspecified atom stereocenters. The summed E-state index contributed by atoms with van der Waals surface area (Å²) in [5.74, 6) is 1.08. The van der Waals surface area contributed by atoms with Gasteiger partial charge >= 0.3 is 0 Å². The van der Waals surface area contributed by atoms with Crippen molar-refractivity contribution in [3.63, 3.8) is 0 Å². The monoisotopic (exact) mass is 67.1 g/mol. The van der Waals surface area contributed by atoms with E-state index in [1.807, 2.05) is 0 Å². The standard InChI is InChI=1S/C4H8.B/c1-4-2-3-4;/h4H,2-3H2,1H3;. The molecule has 1 heteroatoms. The van der Waals surface area contributed by atoms with E-state index in [1.54, 1.807) is 0 Å². The highest BCUT2D eigenvalue weighted by Crippen LogP contribution is 2.26. The van der Waals surface area contributed by atoms with Gasteiger partial charge in [-0.05, 0) is 5.92 Å². The van der Waals surface area contributed by atoms with E-state index in [0.29, 0.717) is 0 Å². The molecule has 0 aromatic rings. The molecule has 0 bridgehead atoms. The Kier molecular flexibility index (Phi) is 1.51. The predicted octanol–water partition coefficient (Wildman–Crippen LogP) is 1.04. The molecule has 0 aliphatic heterocycles. The van der Waals surface area contributed by atoms with Crippen LogP contribution in [0.4, 0.5) is 0 Å². The van der Waals surface area contributed by atoms with Gasteiger partial charge in [0, 0.05) is 8.41 Å². The fourth-order valence-corrected chi connectivity index (χ4v) is 0.167. The molecule has 0 amide bonds. The Morgan fingerprint density at radius 1 is 1.40 bits per heavy atom. The predicted molar refractivity (Wildman–Crippen MR) is 24.2 cm³/mol. The molecule has 3 radical (unpaired) electrons. The largest absolute Gasteiger partial charge is 0.0625 e. The highest BCUT2D eigenvalue weighted by molar-refractivity contribution is 5.75. The summed E-state index contributed by atoms with van der Waals surface area (Å²) in [6.07, 6.45) is 2.97. The summed E-state index contributed by atoms with van der Waals surface area (Å²) < 4.78 is 0. The fraction of sp³-hybridized carbons (Fsp3) is 1.00. The molecule has 0 nitrogen and oxygen atoms in total. The van der Waals surface area contributed by atoms with Crippen molar-refractivity contribution in [2.24, 2.45) is 5.92 Å². The quantitative estimate of drug-likeness (QED) is 0.371. The van der Waals surface area contributed by atoms with E-state index in [9.17, 15) is 0 Å². The minimum Gasteiger partial charge on any atom is -0.0625 e. The van der Waals surface area contributed by atoms with Gasteiger partial charge in [0.1, 0.15) is 0 Å². The first-order valence-electron chi connectivity index (χ1n) is 1.89. The second-order valence-electron chi connectivity index (χ2n) is 1.68. The Morgan fingerprint density at radius 2 is 1.60 bits per heavy atom. The summed E-state index contributed by atoms with van der Waals surface area (Å²) in [5, 5.41) is 0. The van der Waals surface area contributed by atoms with Crippen LogP contribution in [0.5, 0.6) is 0 Å². The summed E-state index contributed by atoms with van der Waals surface area (Å²) >= 11 is 0. The van der Waals surface area contributed by atoms with E-state index in [1.165, 1.54) is 12.8 Å². The van der Waals surface area contributed by atoms with Crippen LogP contribution < -0.4 is 0 Å². The maximum Gasteiger partial charge on any atom is 0 e. The molecule has 1 saturated carbocycles. The van der Waals surface area contributed by atoms with Gasteiger partial charge in [0.05, 0.1) is 0 Å². The normalized spacial score (nSPS) is 21.0. The topological polar surface area (TPSA) is 0 Å². The van der Waals surface area contributed by atoms with Crippen molar-refractivity contribution in [1.82, 2.24) is 0 Å². The molecule has 27 valence electrons. The summed E-state index contributed by atoms with van der Waals surface area (Å²) in [4.78, 5) is 0. The SMILES string of the molecule is CC1CC1.[B]. The van der Waals surface area contributed by atoms with E-state index in [2.05, 4.69) is 6.92 Å². The minimum atomic E-state index is 0. The van der Waals surface area contributed by atoms with Crippen LogP contribution in [0.1, 0.15) is 19.8 Å². The van der Waals surface area contributed by atoms with Gasteiger partial charge in [-0.3, -0.25) is 0 Å². The first-order chi connectivity index (χ1) is 1.89.